The van der Waals surface area contributed by atoms with E-state index in [1.54, 1.807) is 0 Å². The number of fused-ring (bicyclic) bond motifs is 1. The normalized spacial score (nSPS) is 11.9. The summed E-state index contributed by atoms with van der Waals surface area (Å²) in [7, 11) is 1.28. The molecule has 1 aromatic carbocycles. The lowest BCUT2D eigenvalue weighted by Crippen LogP contribution is -2.28. The molecular weight excluding hydrogens is 423 g/mol. The average Bonchev–Trinajstić information content (AvgIpc) is 3.24. The molecule has 0 radical (unpaired) electrons. The van der Waals surface area contributed by atoms with Gasteiger partial charge in [0, 0.05) is 0 Å². The predicted octanol–water partition coefficient (Wildman–Crippen LogP) is 2.21. The number of methoxy groups -OCH3 is 1. The molecule has 10 nitrogen and oxygen atoms in total. The van der Waals surface area contributed by atoms with Crippen LogP contribution in [0.2, 0.25) is 0 Å². The summed E-state index contributed by atoms with van der Waals surface area (Å²) < 4.78 is 18.4. The molecule has 0 saturated heterocycles. The van der Waals surface area contributed by atoms with Gasteiger partial charge >= 0.3 is 0 Å². The summed E-state index contributed by atoms with van der Waals surface area (Å²) in [5.74, 6) is -1.41. The Balaban J connectivity index is 1.63. The number of H-pyrrole nitrogens is 1. The van der Waals surface area contributed by atoms with Gasteiger partial charge in [0.25, 0.3) is 5.88 Å². The number of hydrogen-bond donors (Lipinski definition) is 3. The average molecular weight is 440 g/mol. The number of nitrogens with two attached hydrogens (primary N) is 1. The number of benzene rings is 1. The highest BCUT2D eigenvalue weighted by molar-refractivity contribution is 8.00. The van der Waals surface area contributed by atoms with Crippen molar-refractivity contribution in [2.45, 2.75) is 16.7 Å². The molecule has 0 spiro atoms. The van der Waals surface area contributed by atoms with Crippen LogP contribution in [0.4, 0.5) is 16.3 Å². The molecule has 0 saturated carbocycles. The lowest BCUT2D eigenvalue weighted by molar-refractivity contribution is -0.115. The number of carbonyl (C=O) groups excluding carboxylic acids is 1. The Hall–Kier alpha value is -3.80. The van der Waals surface area contributed by atoms with Gasteiger partial charge in [0.15, 0.2) is 5.65 Å². The van der Waals surface area contributed by atoms with E-state index >= 15 is 0 Å². The lowest BCUT2D eigenvalue weighted by Gasteiger charge is -2.16. The van der Waals surface area contributed by atoms with Gasteiger partial charge in [-0.25, -0.2) is 15.0 Å². The SMILES string of the molecule is COc1nc(NC(=O)[C@H](Cc2ccccc2)Sc2nc(N)nc3nc[nH]c23)ncc1F. The Labute approximate surface area is 179 Å². The van der Waals surface area contributed by atoms with Crippen molar-refractivity contribution in [2.75, 3.05) is 18.2 Å². The molecule has 0 fully saturated rings. The number of ether oxygens (including phenoxy) is 1. The highest BCUT2D eigenvalue weighted by atomic mass is 32.2. The zero-order valence-corrected chi connectivity index (χ0v) is 17.1. The van der Waals surface area contributed by atoms with Gasteiger partial charge in [-0.15, -0.1) is 0 Å². The Morgan fingerprint density at radius 3 is 2.84 bits per heavy atom. The highest BCUT2D eigenvalue weighted by Crippen LogP contribution is 2.30. The number of carbonyl (C=O) groups is 1. The molecule has 31 heavy (non-hydrogen) atoms. The van der Waals surface area contributed by atoms with E-state index in [0.29, 0.717) is 22.6 Å². The molecular formula is C19H17FN8O2S. The van der Waals surface area contributed by atoms with E-state index in [0.717, 1.165) is 11.8 Å². The van der Waals surface area contributed by atoms with Gasteiger partial charge in [0.1, 0.15) is 10.5 Å². The second-order valence-electron chi connectivity index (χ2n) is 6.32. The fourth-order valence-electron chi connectivity index (χ4n) is 2.80. The van der Waals surface area contributed by atoms with Crippen molar-refractivity contribution < 1.29 is 13.9 Å². The summed E-state index contributed by atoms with van der Waals surface area (Å²) in [5.41, 5.74) is 7.72. The number of halogens is 1. The van der Waals surface area contributed by atoms with Crippen molar-refractivity contribution in [3.63, 3.8) is 0 Å². The lowest BCUT2D eigenvalue weighted by atomic mass is 10.1. The molecule has 0 aliphatic carbocycles. The largest absolute Gasteiger partial charge is 0.479 e. The minimum atomic E-state index is -0.728. The Kier molecular flexibility index (Phi) is 5.89. The number of imidazole rings is 1. The number of aromatic nitrogens is 6. The Morgan fingerprint density at radius 2 is 2.06 bits per heavy atom. The molecule has 1 atom stereocenters. The molecule has 0 aliphatic rings. The minimum absolute atomic E-state index is 0.0487. The molecule has 1 amide bonds. The molecule has 12 heteroatoms. The first-order valence-electron chi connectivity index (χ1n) is 9.08. The number of aromatic amines is 1. The van der Waals surface area contributed by atoms with E-state index in [2.05, 4.69) is 35.2 Å². The zero-order valence-electron chi connectivity index (χ0n) is 16.2. The first-order valence-corrected chi connectivity index (χ1v) is 9.96. The second-order valence-corrected chi connectivity index (χ2v) is 7.52. The monoisotopic (exact) mass is 440 g/mol. The van der Waals surface area contributed by atoms with E-state index < -0.39 is 17.0 Å². The zero-order chi connectivity index (χ0) is 21.8. The van der Waals surface area contributed by atoms with E-state index in [1.807, 2.05) is 30.3 Å². The van der Waals surface area contributed by atoms with E-state index in [4.69, 9.17) is 10.5 Å². The smallest absolute Gasteiger partial charge is 0.255 e. The summed E-state index contributed by atoms with van der Waals surface area (Å²) in [6.07, 6.45) is 2.79. The maximum atomic E-state index is 13.6. The predicted molar refractivity (Wildman–Crippen MR) is 113 cm³/mol. The summed E-state index contributed by atoms with van der Waals surface area (Å²) >= 11 is 1.20. The third-order valence-corrected chi connectivity index (χ3v) is 5.40. The summed E-state index contributed by atoms with van der Waals surface area (Å²) in [5, 5.41) is 2.46. The van der Waals surface area contributed by atoms with Crippen LogP contribution in [0, 0.1) is 5.82 Å². The highest BCUT2D eigenvalue weighted by Gasteiger charge is 2.25. The maximum Gasteiger partial charge on any atom is 0.255 e. The van der Waals surface area contributed by atoms with Crippen molar-refractivity contribution in [3.05, 3.63) is 54.2 Å². The van der Waals surface area contributed by atoms with Crippen molar-refractivity contribution in [1.29, 1.82) is 0 Å². The van der Waals surface area contributed by atoms with Crippen LogP contribution in [-0.4, -0.2) is 48.2 Å². The van der Waals surface area contributed by atoms with E-state index in [9.17, 15) is 9.18 Å². The molecule has 0 bridgehead atoms. The van der Waals surface area contributed by atoms with Gasteiger partial charge < -0.3 is 15.5 Å². The summed E-state index contributed by atoms with van der Waals surface area (Å²) in [6.45, 7) is 0. The number of hydrogen-bond acceptors (Lipinski definition) is 9. The van der Waals surface area contributed by atoms with Gasteiger partial charge in [-0.2, -0.15) is 14.4 Å². The number of nitrogens with zero attached hydrogens (tertiary/aromatic N) is 5. The first-order chi connectivity index (χ1) is 15.0. The number of nitrogen functional groups attached to an aromatic ring is 1. The molecule has 3 heterocycles. The number of thioether (sulfide) groups is 1. The van der Waals surface area contributed by atoms with E-state index in [-0.39, 0.29) is 17.8 Å². The third-order valence-electron chi connectivity index (χ3n) is 4.22. The topological polar surface area (TPSA) is 145 Å². The van der Waals surface area contributed by atoms with E-state index in [1.165, 1.54) is 25.2 Å². The molecule has 4 rings (SSSR count). The summed E-state index contributed by atoms with van der Waals surface area (Å²) in [4.78, 5) is 36.2. The second kappa shape index (κ2) is 8.92. The van der Waals surface area contributed by atoms with Crippen molar-refractivity contribution in [2.24, 2.45) is 0 Å². The van der Waals surface area contributed by atoms with Gasteiger partial charge in [0.05, 0.1) is 24.9 Å². The molecule has 4 aromatic rings. The minimum Gasteiger partial charge on any atom is -0.479 e. The Bertz CT molecular complexity index is 1220. The van der Waals surface area contributed by atoms with Crippen LogP contribution in [0.25, 0.3) is 11.2 Å². The van der Waals surface area contributed by atoms with Gasteiger partial charge in [-0.3, -0.25) is 10.1 Å². The molecule has 3 aromatic heterocycles. The van der Waals surface area contributed by atoms with Crippen molar-refractivity contribution in [1.82, 2.24) is 29.9 Å². The van der Waals surface area contributed by atoms with Gasteiger partial charge in [0.2, 0.25) is 23.6 Å². The number of amides is 1. The van der Waals surface area contributed by atoms with Crippen LogP contribution in [-0.2, 0) is 11.2 Å². The van der Waals surface area contributed by atoms with Gasteiger partial charge in [-0.05, 0) is 12.0 Å². The summed E-state index contributed by atoms with van der Waals surface area (Å²) in [6, 6.07) is 9.50. The fourth-order valence-corrected chi connectivity index (χ4v) is 3.93. The van der Waals surface area contributed by atoms with Crippen LogP contribution in [0.15, 0.2) is 47.9 Å². The number of rotatable bonds is 7. The third kappa shape index (κ3) is 4.69. The van der Waals surface area contributed by atoms with Crippen LogP contribution < -0.4 is 15.8 Å². The van der Waals surface area contributed by atoms with Crippen LogP contribution in [0.5, 0.6) is 5.88 Å². The first kappa shape index (κ1) is 20.5. The quantitative estimate of drug-likeness (QED) is 0.291. The molecule has 0 unspecified atom stereocenters. The van der Waals surface area contributed by atoms with Crippen LogP contribution in [0.1, 0.15) is 5.56 Å². The van der Waals surface area contributed by atoms with Crippen molar-refractivity contribution in [3.8, 4) is 5.88 Å². The number of nitrogens with one attached hydrogen (secondary N) is 2. The molecule has 0 aliphatic heterocycles. The Morgan fingerprint density at radius 1 is 1.26 bits per heavy atom. The van der Waals surface area contributed by atoms with Crippen molar-refractivity contribution >= 4 is 40.7 Å². The van der Waals surface area contributed by atoms with Crippen LogP contribution >= 0.6 is 11.8 Å². The fraction of sp³-hybridized carbons (Fsp3) is 0.158. The molecule has 158 valence electrons. The standard InChI is InChI=1S/C19H17FN8O2S/c1-30-16-11(20)8-22-19(27-16)26-15(29)12(7-10-5-3-2-4-6-10)31-17-13-14(24-9-23-13)25-18(21)28-17/h2-6,8-9,12H,7H2,1H3,(H,22,26,27,29)(H3,21,23,24,25,28)/t12-/m0/s1. The van der Waals surface area contributed by atoms with Gasteiger partial charge in [-0.1, -0.05) is 42.1 Å². The maximum absolute atomic E-state index is 13.6. The molecule has 4 N–H and O–H groups in total. The van der Waals surface area contributed by atoms with Crippen LogP contribution in [0.3, 0.4) is 0 Å². The number of anilines is 2.